The van der Waals surface area contributed by atoms with Crippen molar-refractivity contribution in [1.29, 1.82) is 0 Å². The van der Waals surface area contributed by atoms with Gasteiger partial charge in [0, 0.05) is 10.9 Å². The Morgan fingerprint density at radius 2 is 1.76 bits per heavy atom. The molecule has 6 heteroatoms. The van der Waals surface area contributed by atoms with Crippen molar-refractivity contribution in [2.24, 2.45) is 5.84 Å². The number of H-pyrrole nitrogens is 1. The van der Waals surface area contributed by atoms with Crippen LogP contribution in [0.1, 0.15) is 10.4 Å². The fraction of sp³-hybridized carbons (Fsp3) is 0. The fourth-order valence-electron chi connectivity index (χ4n) is 1.84. The number of phenolic OH excluding ortho intramolecular Hbond substituents is 1. The molecule has 1 heterocycles. The summed E-state index contributed by atoms with van der Waals surface area (Å²) < 4.78 is 0. The number of hydrogen-bond acceptors (Lipinski definition) is 4. The number of carbonyl (C=O) groups is 1. The second-order valence-electron chi connectivity index (χ2n) is 4.30. The van der Waals surface area contributed by atoms with Gasteiger partial charge in [0.2, 0.25) is 0 Å². The van der Waals surface area contributed by atoms with Crippen molar-refractivity contribution in [3.05, 3.63) is 60.2 Å². The van der Waals surface area contributed by atoms with Gasteiger partial charge in [-0.15, -0.1) is 0 Å². The molecule has 0 radical (unpaired) electrons. The Hall–Kier alpha value is -2.99. The van der Waals surface area contributed by atoms with Crippen molar-refractivity contribution in [2.75, 3.05) is 5.73 Å². The van der Waals surface area contributed by atoms with E-state index in [2.05, 4.69) is 4.98 Å². The van der Waals surface area contributed by atoms with Crippen LogP contribution in [-0.4, -0.2) is 16.0 Å². The normalized spacial score (nSPS) is 9.76. The summed E-state index contributed by atoms with van der Waals surface area (Å²) in [6, 6.07) is 16.1. The predicted octanol–water partition coefficient (Wildman–Crippen LogP) is 1.75. The molecule has 0 spiro atoms. The van der Waals surface area contributed by atoms with E-state index in [0.717, 1.165) is 11.3 Å². The Labute approximate surface area is 121 Å². The lowest BCUT2D eigenvalue weighted by molar-refractivity contribution is 0.0951. The number of phenols is 1. The summed E-state index contributed by atoms with van der Waals surface area (Å²) in [4.78, 5) is 13.9. The number of carbonyl (C=O) groups excluding carboxylic acids is 1. The fourth-order valence-corrected chi connectivity index (χ4v) is 1.84. The molecule has 0 bridgehead atoms. The van der Waals surface area contributed by atoms with Crippen molar-refractivity contribution in [3.63, 3.8) is 0 Å². The van der Waals surface area contributed by atoms with E-state index in [0.29, 0.717) is 0 Å². The lowest BCUT2D eigenvalue weighted by atomic mass is 10.2. The number of amides is 1. The van der Waals surface area contributed by atoms with E-state index in [-0.39, 0.29) is 11.3 Å². The third kappa shape index (κ3) is 3.52. The first-order valence-electron chi connectivity index (χ1n) is 6.24. The first kappa shape index (κ1) is 14.4. The van der Waals surface area contributed by atoms with E-state index in [4.69, 9.17) is 16.7 Å². The van der Waals surface area contributed by atoms with Gasteiger partial charge in [0.05, 0.1) is 5.56 Å². The van der Waals surface area contributed by atoms with Crippen LogP contribution in [0.25, 0.3) is 10.9 Å². The minimum Gasteiger partial charge on any atom is -0.507 e. The molecule has 21 heavy (non-hydrogen) atoms. The van der Waals surface area contributed by atoms with Crippen molar-refractivity contribution >= 4 is 22.6 Å². The molecule has 7 N–H and O–H groups in total. The van der Waals surface area contributed by atoms with Gasteiger partial charge in [-0.05, 0) is 24.3 Å². The van der Waals surface area contributed by atoms with E-state index < -0.39 is 5.91 Å². The number of hydrazine groups is 1. The Kier molecular flexibility index (Phi) is 4.43. The number of nitrogens with two attached hydrogens (primary N) is 2. The maximum atomic E-state index is 10.8. The minimum atomic E-state index is -0.497. The van der Waals surface area contributed by atoms with E-state index in [9.17, 15) is 4.79 Å². The maximum Gasteiger partial charge on any atom is 0.268 e. The lowest BCUT2D eigenvalue weighted by Crippen LogP contribution is -2.29. The minimum absolute atomic E-state index is 0.0737. The molecule has 0 aliphatic heterocycles. The van der Waals surface area contributed by atoms with Crippen LogP contribution in [0.4, 0.5) is 5.82 Å². The summed E-state index contributed by atoms with van der Waals surface area (Å²) in [5.41, 5.74) is 8.73. The van der Waals surface area contributed by atoms with E-state index in [1.54, 1.807) is 12.1 Å². The van der Waals surface area contributed by atoms with Crippen LogP contribution >= 0.6 is 0 Å². The first-order chi connectivity index (χ1) is 10.1. The highest BCUT2D eigenvalue weighted by Gasteiger charge is 2.06. The molecule has 0 saturated heterocycles. The van der Waals surface area contributed by atoms with Gasteiger partial charge in [-0.3, -0.25) is 10.2 Å². The number of hydrogen-bond donors (Lipinski definition) is 5. The summed E-state index contributed by atoms with van der Waals surface area (Å²) >= 11 is 0. The molecular formula is C15H16N4O2. The van der Waals surface area contributed by atoms with Gasteiger partial charge in [0.1, 0.15) is 11.6 Å². The zero-order valence-electron chi connectivity index (χ0n) is 11.2. The molecule has 0 atom stereocenters. The average Bonchev–Trinajstić information content (AvgIpc) is 2.87. The van der Waals surface area contributed by atoms with Crippen molar-refractivity contribution in [3.8, 4) is 5.75 Å². The molecule has 1 amide bonds. The molecule has 0 saturated carbocycles. The first-order valence-corrected chi connectivity index (χ1v) is 6.24. The van der Waals surface area contributed by atoms with Gasteiger partial charge in [-0.2, -0.15) is 0 Å². The smallest absolute Gasteiger partial charge is 0.268 e. The van der Waals surface area contributed by atoms with Gasteiger partial charge in [-0.1, -0.05) is 30.3 Å². The SMILES string of the molecule is NNC(=O)c1ccccc1O.Nc1cc2ccccc2[nH]1. The Balaban J connectivity index is 0.000000154. The standard InChI is InChI=1S/C8H8N2.C7H8N2O2/c9-8-5-6-3-1-2-4-7(6)10-8;8-9-7(11)5-3-1-2-4-6(5)10/h1-5,10H,9H2;1-4,10H,8H2,(H,9,11). The second kappa shape index (κ2) is 6.44. The van der Waals surface area contributed by atoms with Crippen LogP contribution in [-0.2, 0) is 0 Å². The number of aromatic amines is 1. The average molecular weight is 284 g/mol. The van der Waals surface area contributed by atoms with Crippen LogP contribution in [0, 0.1) is 0 Å². The zero-order valence-corrected chi connectivity index (χ0v) is 11.2. The predicted molar refractivity (Wildman–Crippen MR) is 82.5 cm³/mol. The molecule has 108 valence electrons. The number of aromatic hydroxyl groups is 1. The van der Waals surface area contributed by atoms with E-state index >= 15 is 0 Å². The number of nitrogens with one attached hydrogen (secondary N) is 2. The van der Waals surface area contributed by atoms with Crippen LogP contribution in [0.2, 0.25) is 0 Å². The lowest BCUT2D eigenvalue weighted by Gasteiger charge is -2.00. The van der Waals surface area contributed by atoms with Crippen molar-refractivity contribution in [2.45, 2.75) is 0 Å². The number of anilines is 1. The van der Waals surface area contributed by atoms with Gasteiger partial charge < -0.3 is 15.8 Å². The van der Waals surface area contributed by atoms with Gasteiger partial charge in [-0.25, -0.2) is 5.84 Å². The van der Waals surface area contributed by atoms with Crippen LogP contribution in [0.3, 0.4) is 0 Å². The molecule has 3 aromatic rings. The molecule has 0 fully saturated rings. The summed E-state index contributed by atoms with van der Waals surface area (Å²) in [5.74, 6) is 5.01. The molecule has 0 aliphatic carbocycles. The number of fused-ring (bicyclic) bond motifs is 1. The van der Waals surface area contributed by atoms with Gasteiger partial charge >= 0.3 is 0 Å². The summed E-state index contributed by atoms with van der Waals surface area (Å²) in [6.07, 6.45) is 0. The van der Waals surface area contributed by atoms with Crippen LogP contribution in [0.15, 0.2) is 54.6 Å². The molecule has 0 aliphatic rings. The monoisotopic (exact) mass is 284 g/mol. The summed E-state index contributed by atoms with van der Waals surface area (Å²) in [5, 5.41) is 10.3. The summed E-state index contributed by atoms with van der Waals surface area (Å²) in [7, 11) is 0. The topological polar surface area (TPSA) is 117 Å². The number of rotatable bonds is 1. The third-order valence-corrected chi connectivity index (χ3v) is 2.83. The molecule has 3 rings (SSSR count). The third-order valence-electron chi connectivity index (χ3n) is 2.83. The van der Waals surface area contributed by atoms with Crippen molar-refractivity contribution < 1.29 is 9.90 Å². The number of benzene rings is 2. The highest BCUT2D eigenvalue weighted by molar-refractivity contribution is 5.96. The number of aromatic nitrogens is 1. The number of nitrogen functional groups attached to an aromatic ring is 2. The van der Waals surface area contributed by atoms with Gasteiger partial charge in [0.25, 0.3) is 5.91 Å². The van der Waals surface area contributed by atoms with E-state index in [1.807, 2.05) is 35.8 Å². The van der Waals surface area contributed by atoms with Gasteiger partial charge in [0.15, 0.2) is 0 Å². The maximum absolute atomic E-state index is 10.8. The molecular weight excluding hydrogens is 268 g/mol. The Bertz CT molecular complexity index is 719. The number of para-hydroxylation sites is 2. The molecule has 2 aromatic carbocycles. The molecule has 1 aromatic heterocycles. The highest BCUT2D eigenvalue weighted by atomic mass is 16.3. The second-order valence-corrected chi connectivity index (χ2v) is 4.30. The molecule has 6 nitrogen and oxygen atoms in total. The van der Waals surface area contributed by atoms with Crippen LogP contribution < -0.4 is 17.0 Å². The van der Waals surface area contributed by atoms with E-state index in [1.165, 1.54) is 17.5 Å². The Morgan fingerprint density at radius 3 is 2.43 bits per heavy atom. The van der Waals surface area contributed by atoms with Crippen LogP contribution in [0.5, 0.6) is 5.75 Å². The highest BCUT2D eigenvalue weighted by Crippen LogP contribution is 2.15. The Morgan fingerprint density at radius 1 is 1.10 bits per heavy atom. The largest absolute Gasteiger partial charge is 0.507 e. The van der Waals surface area contributed by atoms with Crippen molar-refractivity contribution in [1.82, 2.24) is 10.4 Å². The quantitative estimate of drug-likeness (QED) is 0.266. The molecule has 0 unspecified atom stereocenters. The zero-order chi connectivity index (χ0) is 15.2. The summed E-state index contributed by atoms with van der Waals surface area (Å²) in [6.45, 7) is 0.